The molecule has 0 atom stereocenters. The molecule has 0 radical (unpaired) electrons. The molecule has 0 fully saturated rings. The molecule has 0 unspecified atom stereocenters. The van der Waals surface area contributed by atoms with Crippen LogP contribution in [0.5, 0.6) is 0 Å². The maximum absolute atomic E-state index is 11.6. The number of amides is 1. The van der Waals surface area contributed by atoms with Crippen molar-refractivity contribution in [1.82, 2.24) is 0 Å². The summed E-state index contributed by atoms with van der Waals surface area (Å²) in [6.45, 7) is 3.66. The third-order valence-corrected chi connectivity index (χ3v) is 5.23. The van der Waals surface area contributed by atoms with Gasteiger partial charge in [0.15, 0.2) is 0 Å². The number of rotatable bonds is 8. The average Bonchev–Trinajstić information content (AvgIpc) is 2.66. The molecule has 0 heterocycles. The molecule has 3 N–H and O–H groups in total. The van der Waals surface area contributed by atoms with Crippen molar-refractivity contribution in [2.24, 2.45) is 5.73 Å². The molecular weight excluding hydrogens is 484 g/mol. The molecule has 148 valence electrons. The molecule has 0 saturated heterocycles. The third-order valence-electron chi connectivity index (χ3n) is 3.88. The van der Waals surface area contributed by atoms with E-state index in [1.807, 2.05) is 36.4 Å². The van der Waals surface area contributed by atoms with Gasteiger partial charge in [-0.25, -0.2) is 0 Å². The van der Waals surface area contributed by atoms with Gasteiger partial charge in [0.05, 0.1) is 0 Å². The summed E-state index contributed by atoms with van der Waals surface area (Å²) in [5.74, 6) is -0.374. The van der Waals surface area contributed by atoms with E-state index in [1.54, 1.807) is 19.1 Å². The number of unbranched alkanes of at least 4 members (excludes halogenated alkanes) is 1. The third kappa shape index (κ3) is 8.03. The van der Waals surface area contributed by atoms with Crippen LogP contribution in [0.1, 0.15) is 60.2 Å². The number of hydrogen-bond donors (Lipinski definition) is 2. The van der Waals surface area contributed by atoms with Crippen LogP contribution in [0, 0.1) is 0 Å². The number of carbonyl (C=O) groups is 2. The molecule has 0 aromatic heterocycles. The van der Waals surface area contributed by atoms with Crippen molar-refractivity contribution in [3.05, 3.63) is 70.8 Å². The topological polar surface area (TPSA) is 80.4 Å². The van der Waals surface area contributed by atoms with Crippen LogP contribution in [0.4, 0.5) is 0 Å². The van der Waals surface area contributed by atoms with Gasteiger partial charge in [-0.3, -0.25) is 0 Å². The number of ketones is 1. The van der Waals surface area contributed by atoms with Crippen molar-refractivity contribution in [1.29, 1.82) is 0 Å². The molecule has 0 bridgehead atoms. The predicted molar refractivity (Wildman–Crippen MR) is 117 cm³/mol. The van der Waals surface area contributed by atoms with E-state index in [1.165, 1.54) is 0 Å². The number of aliphatic hydroxyl groups excluding tert-OH is 1. The Labute approximate surface area is 182 Å². The Morgan fingerprint density at radius 3 is 1.96 bits per heavy atom. The zero-order chi connectivity index (χ0) is 21.1. The number of primary amides is 1. The molecule has 0 spiro atoms. The normalized spacial score (nSPS) is 9.79. The summed E-state index contributed by atoms with van der Waals surface area (Å²) in [5.41, 5.74) is 8.49. The van der Waals surface area contributed by atoms with Crippen LogP contribution in [-0.4, -0.2) is 57.0 Å². The van der Waals surface area contributed by atoms with Gasteiger partial charge in [-0.1, -0.05) is 0 Å². The fourth-order valence-corrected chi connectivity index (χ4v) is 3.63. The summed E-state index contributed by atoms with van der Waals surface area (Å²) in [6.07, 6.45) is 3.40. The second-order valence-corrected chi connectivity index (χ2v) is 8.12. The van der Waals surface area contributed by atoms with Gasteiger partial charge in [0.2, 0.25) is 0 Å². The van der Waals surface area contributed by atoms with E-state index in [0.717, 1.165) is 40.4 Å². The fraction of sp³-hybridized carbons (Fsp3) is 0.273. The van der Waals surface area contributed by atoms with Crippen LogP contribution in [0.25, 0.3) is 0 Å². The number of benzene rings is 2. The predicted octanol–water partition coefficient (Wildman–Crippen LogP) is 2.50. The van der Waals surface area contributed by atoms with Gasteiger partial charge in [0.1, 0.15) is 0 Å². The number of Topliss-reactive ketones (excluding diaryl/α,β-unsaturated/α-hetero) is 1. The van der Waals surface area contributed by atoms with E-state index >= 15 is 0 Å². The van der Waals surface area contributed by atoms with Crippen molar-refractivity contribution >= 4 is 51.9 Å². The quantitative estimate of drug-likeness (QED) is 0.537. The summed E-state index contributed by atoms with van der Waals surface area (Å²) in [4.78, 5) is 23.0. The number of carbonyl (C=O) groups excluding carboxylic acids is 2. The Bertz CT molecular complexity index is 862. The summed E-state index contributed by atoms with van der Waals surface area (Å²) >= 11 is 5.56. The molecule has 2 aromatic carbocycles. The van der Waals surface area contributed by atoms with E-state index in [0.29, 0.717) is 16.6 Å². The summed E-state index contributed by atoms with van der Waals surface area (Å²) in [7, 11) is 0. The molecule has 6 heteroatoms. The van der Waals surface area contributed by atoms with Crippen LogP contribution in [0.15, 0.2) is 48.5 Å². The summed E-state index contributed by atoms with van der Waals surface area (Å²) < 4.78 is 1.25. The fourth-order valence-electron chi connectivity index (χ4n) is 2.53. The summed E-state index contributed by atoms with van der Waals surface area (Å²) in [6, 6.07) is 14.8. The molecule has 0 aliphatic carbocycles. The molecule has 0 aliphatic heterocycles. The minimum absolute atomic E-state index is 0.0958. The van der Waals surface area contributed by atoms with Crippen molar-refractivity contribution in [3.63, 3.8) is 0 Å². The molecule has 28 heavy (non-hydrogen) atoms. The van der Waals surface area contributed by atoms with Gasteiger partial charge in [-0.2, -0.15) is 0 Å². The Kier molecular flexibility index (Phi) is 10.9. The minimum atomic E-state index is -0.470. The average molecular weight is 509 g/mol. The van der Waals surface area contributed by atoms with E-state index < -0.39 is 5.91 Å². The second kappa shape index (κ2) is 12.6. The first-order chi connectivity index (χ1) is 13.3. The Morgan fingerprint density at radius 1 is 0.964 bits per heavy atom. The number of nitrogens with two attached hydrogens (primary N) is 1. The van der Waals surface area contributed by atoms with Crippen LogP contribution in [-0.2, 0) is 11.2 Å². The van der Waals surface area contributed by atoms with Crippen molar-refractivity contribution < 1.29 is 14.7 Å². The Morgan fingerprint density at radius 2 is 1.50 bits per heavy atom. The first kappa shape index (κ1) is 24.2. The number of aliphatic hydroxyl groups is 1. The van der Waals surface area contributed by atoms with Gasteiger partial charge in [0, 0.05) is 0 Å². The van der Waals surface area contributed by atoms with Gasteiger partial charge in [-0.15, -0.1) is 0 Å². The molecular formula is C22H25NO3Se2. The SMILES string of the molecule is CC(=O)Cc1ccccc1C(=[Se])c1ccccc1C(N)=O.CCCCC(O)=[Se]. The zero-order valence-electron chi connectivity index (χ0n) is 16.1. The standard InChI is InChI=1S/C17H15NO2Se.C5H10OSe/c1-11(19)10-12-6-2-3-7-13(12)16(21)14-8-4-5-9-15(14)17(18)20;1-2-3-4-5(6)7/h2-9H,10H2,1H3,(H2,18,20);2-4H2,1H3,(H,6,7). The molecule has 2 rings (SSSR count). The first-order valence-corrected chi connectivity index (χ1v) is 10.7. The van der Waals surface area contributed by atoms with E-state index in [2.05, 4.69) is 38.1 Å². The van der Waals surface area contributed by atoms with Gasteiger partial charge < -0.3 is 0 Å². The van der Waals surface area contributed by atoms with Gasteiger partial charge >= 0.3 is 183 Å². The number of hydrogen-bond acceptors (Lipinski definition) is 3. The molecule has 0 saturated carbocycles. The van der Waals surface area contributed by atoms with E-state index in [-0.39, 0.29) is 5.78 Å². The molecule has 4 nitrogen and oxygen atoms in total. The molecule has 2 aromatic rings. The van der Waals surface area contributed by atoms with Crippen LogP contribution in [0.3, 0.4) is 0 Å². The second-order valence-electron chi connectivity index (χ2n) is 6.27. The summed E-state index contributed by atoms with van der Waals surface area (Å²) in [5, 5.41) is 8.54. The van der Waals surface area contributed by atoms with Gasteiger partial charge in [0.25, 0.3) is 0 Å². The van der Waals surface area contributed by atoms with Crippen molar-refractivity contribution in [3.8, 4) is 0 Å². The monoisotopic (exact) mass is 511 g/mol. The van der Waals surface area contributed by atoms with Gasteiger partial charge in [-0.05, 0) is 0 Å². The van der Waals surface area contributed by atoms with E-state index in [4.69, 9.17) is 10.8 Å². The van der Waals surface area contributed by atoms with Crippen molar-refractivity contribution in [2.45, 2.75) is 39.5 Å². The van der Waals surface area contributed by atoms with Crippen molar-refractivity contribution in [2.75, 3.05) is 0 Å². The maximum atomic E-state index is 11.6. The van der Waals surface area contributed by atoms with Crippen LogP contribution in [0.2, 0.25) is 0 Å². The Hall–Kier alpha value is -1.84. The van der Waals surface area contributed by atoms with E-state index in [9.17, 15) is 9.59 Å². The first-order valence-electron chi connectivity index (χ1n) is 9.00. The van der Waals surface area contributed by atoms with Crippen LogP contribution < -0.4 is 5.73 Å². The molecule has 0 aliphatic rings. The molecule has 1 amide bonds. The van der Waals surface area contributed by atoms with Crippen LogP contribution >= 0.6 is 0 Å². The zero-order valence-corrected chi connectivity index (χ0v) is 19.5. The Balaban J connectivity index is 0.000000480.